The molecule has 0 amide bonds. The lowest BCUT2D eigenvalue weighted by Crippen LogP contribution is -1.77. The van der Waals surface area contributed by atoms with Crippen LogP contribution in [0.3, 0.4) is 0 Å². The van der Waals surface area contributed by atoms with E-state index in [4.69, 9.17) is 5.26 Å². The highest BCUT2D eigenvalue weighted by Crippen LogP contribution is 2.08. The van der Waals surface area contributed by atoms with E-state index in [9.17, 15) is 0 Å². The van der Waals surface area contributed by atoms with Crippen molar-refractivity contribution in [1.82, 2.24) is 0 Å². The molecule has 0 aromatic heterocycles. The summed E-state index contributed by atoms with van der Waals surface area (Å²) >= 11 is 0. The topological polar surface area (TPSA) is 23.8 Å². The van der Waals surface area contributed by atoms with Crippen LogP contribution >= 0.6 is 0 Å². The molecule has 0 fully saturated rings. The molecule has 0 saturated carbocycles. The third kappa shape index (κ3) is 9.38. The van der Waals surface area contributed by atoms with Crippen molar-refractivity contribution >= 4 is 0 Å². The van der Waals surface area contributed by atoms with Gasteiger partial charge in [0, 0.05) is 6.08 Å². The second kappa shape index (κ2) is 9.66. The van der Waals surface area contributed by atoms with Crippen molar-refractivity contribution in [1.29, 1.82) is 5.26 Å². The van der Waals surface area contributed by atoms with Gasteiger partial charge in [0.15, 0.2) is 0 Å². The molecular weight excluding hydrogens is 206 g/mol. The predicted molar refractivity (Wildman–Crippen MR) is 75.5 cm³/mol. The Balaban J connectivity index is 4.12. The summed E-state index contributed by atoms with van der Waals surface area (Å²) < 4.78 is 0. The maximum atomic E-state index is 8.45. The summed E-state index contributed by atoms with van der Waals surface area (Å²) in [7, 11) is 0. The zero-order valence-corrected chi connectivity index (χ0v) is 11.5. The van der Waals surface area contributed by atoms with E-state index in [2.05, 4.69) is 32.9 Å². The third-order valence-electron chi connectivity index (χ3n) is 2.62. The minimum atomic E-state index is 0.985. The van der Waals surface area contributed by atoms with Gasteiger partial charge in [-0.1, -0.05) is 42.4 Å². The molecule has 0 bridgehead atoms. The SMILES string of the molecule is CC/C(C)=C\CC\C(C)=C/C=C/C(C)=C\C#N. The number of hydrogen-bond donors (Lipinski definition) is 0. The molecule has 0 aromatic rings. The van der Waals surface area contributed by atoms with E-state index in [0.29, 0.717) is 0 Å². The first kappa shape index (κ1) is 15.4. The Morgan fingerprint density at radius 2 is 1.88 bits per heavy atom. The highest BCUT2D eigenvalue weighted by Gasteiger charge is 1.88. The highest BCUT2D eigenvalue weighted by molar-refractivity contribution is 5.26. The van der Waals surface area contributed by atoms with Gasteiger partial charge in [-0.2, -0.15) is 5.26 Å². The molecule has 0 saturated heterocycles. The molecule has 0 aromatic carbocycles. The molecule has 0 rings (SSSR count). The summed E-state index contributed by atoms with van der Waals surface area (Å²) in [6.45, 7) is 8.43. The first-order chi connectivity index (χ1) is 8.10. The lowest BCUT2D eigenvalue weighted by Gasteiger charge is -1.98. The Kier molecular flexibility index (Phi) is 8.78. The van der Waals surface area contributed by atoms with Crippen LogP contribution in [0.2, 0.25) is 0 Å². The van der Waals surface area contributed by atoms with Crippen LogP contribution in [-0.4, -0.2) is 0 Å². The number of rotatable bonds is 6. The number of nitrogens with zero attached hydrogens (tertiary/aromatic N) is 1. The summed E-state index contributed by atoms with van der Waals surface area (Å²) in [4.78, 5) is 0. The van der Waals surface area contributed by atoms with E-state index in [1.807, 2.05) is 25.1 Å². The van der Waals surface area contributed by atoms with Gasteiger partial charge in [-0.05, 0) is 45.6 Å². The van der Waals surface area contributed by atoms with Gasteiger partial charge in [0.25, 0.3) is 0 Å². The third-order valence-corrected chi connectivity index (χ3v) is 2.62. The Labute approximate surface area is 106 Å². The number of hydrogen-bond acceptors (Lipinski definition) is 1. The van der Waals surface area contributed by atoms with Crippen LogP contribution in [0.15, 0.2) is 47.1 Å². The van der Waals surface area contributed by atoms with Gasteiger partial charge in [-0.3, -0.25) is 0 Å². The van der Waals surface area contributed by atoms with E-state index in [1.54, 1.807) is 6.08 Å². The van der Waals surface area contributed by atoms with E-state index >= 15 is 0 Å². The lowest BCUT2D eigenvalue weighted by atomic mass is 10.1. The van der Waals surface area contributed by atoms with Crippen LogP contribution in [0, 0.1) is 11.3 Å². The van der Waals surface area contributed by atoms with Crippen LogP contribution in [-0.2, 0) is 0 Å². The summed E-state index contributed by atoms with van der Waals surface area (Å²) in [6, 6.07) is 2.02. The molecule has 0 aliphatic rings. The van der Waals surface area contributed by atoms with Gasteiger partial charge >= 0.3 is 0 Å². The Morgan fingerprint density at radius 1 is 1.18 bits per heavy atom. The van der Waals surface area contributed by atoms with Gasteiger partial charge in [0.05, 0.1) is 6.07 Å². The Hall–Kier alpha value is -1.55. The van der Waals surface area contributed by atoms with Crippen molar-refractivity contribution in [2.45, 2.75) is 47.0 Å². The first-order valence-electron chi connectivity index (χ1n) is 6.16. The molecule has 17 heavy (non-hydrogen) atoms. The summed E-state index contributed by atoms with van der Waals surface area (Å²) in [5.74, 6) is 0. The lowest BCUT2D eigenvalue weighted by molar-refractivity contribution is 0.950. The maximum Gasteiger partial charge on any atom is 0.0914 e. The monoisotopic (exact) mass is 229 g/mol. The van der Waals surface area contributed by atoms with Gasteiger partial charge in [0.2, 0.25) is 0 Å². The molecule has 1 heteroatoms. The van der Waals surface area contributed by atoms with E-state index in [0.717, 1.165) is 24.8 Å². The van der Waals surface area contributed by atoms with E-state index in [-0.39, 0.29) is 0 Å². The van der Waals surface area contributed by atoms with Crippen LogP contribution < -0.4 is 0 Å². The number of allylic oxidation sites excluding steroid dienone is 8. The minimum absolute atomic E-state index is 0.985. The first-order valence-corrected chi connectivity index (χ1v) is 6.16. The van der Waals surface area contributed by atoms with Crippen molar-refractivity contribution < 1.29 is 0 Å². The molecular formula is C16H23N. The summed E-state index contributed by atoms with van der Waals surface area (Å²) in [5.41, 5.74) is 3.81. The molecule has 0 aliphatic heterocycles. The molecule has 92 valence electrons. The molecule has 0 spiro atoms. The molecule has 0 heterocycles. The highest BCUT2D eigenvalue weighted by atomic mass is 14.2. The van der Waals surface area contributed by atoms with Gasteiger partial charge in [-0.15, -0.1) is 0 Å². The summed E-state index contributed by atoms with van der Waals surface area (Å²) in [5, 5.41) is 8.45. The standard InChI is InChI=1S/C16H23N/c1-5-14(2)8-6-9-15(3)10-7-11-16(4)12-13-17/h7-8,10-12H,5-6,9H2,1-4H3/b11-7+,14-8-,15-10-,16-12-. The predicted octanol–water partition coefficient (Wildman–Crippen LogP) is 5.10. The molecule has 1 nitrogen and oxygen atoms in total. The number of nitriles is 1. The fourth-order valence-electron chi connectivity index (χ4n) is 1.29. The van der Waals surface area contributed by atoms with Crippen LogP contribution in [0.25, 0.3) is 0 Å². The quantitative estimate of drug-likeness (QED) is 0.353. The normalized spacial score (nSPS) is 14.2. The van der Waals surface area contributed by atoms with Crippen molar-refractivity contribution in [2.24, 2.45) is 0 Å². The van der Waals surface area contributed by atoms with Gasteiger partial charge in [-0.25, -0.2) is 0 Å². The van der Waals surface area contributed by atoms with Gasteiger partial charge in [0.1, 0.15) is 0 Å². The van der Waals surface area contributed by atoms with E-state index in [1.165, 1.54) is 11.1 Å². The largest absolute Gasteiger partial charge is 0.193 e. The van der Waals surface area contributed by atoms with Crippen LogP contribution in [0.5, 0.6) is 0 Å². The second-order valence-corrected chi connectivity index (χ2v) is 4.33. The van der Waals surface area contributed by atoms with Crippen LogP contribution in [0.1, 0.15) is 47.0 Å². The van der Waals surface area contributed by atoms with Crippen molar-refractivity contribution in [3.05, 3.63) is 47.1 Å². The zero-order valence-electron chi connectivity index (χ0n) is 11.5. The van der Waals surface area contributed by atoms with E-state index < -0.39 is 0 Å². The maximum absolute atomic E-state index is 8.45. The summed E-state index contributed by atoms with van der Waals surface area (Å²) in [6.07, 6.45) is 13.3. The smallest absolute Gasteiger partial charge is 0.0914 e. The fourth-order valence-corrected chi connectivity index (χ4v) is 1.29. The van der Waals surface area contributed by atoms with Crippen LogP contribution in [0.4, 0.5) is 0 Å². The molecule has 0 radical (unpaired) electrons. The average molecular weight is 229 g/mol. The van der Waals surface area contributed by atoms with Crippen molar-refractivity contribution in [3.63, 3.8) is 0 Å². The van der Waals surface area contributed by atoms with Gasteiger partial charge < -0.3 is 0 Å². The molecule has 0 atom stereocenters. The zero-order chi connectivity index (χ0) is 13.1. The Bertz CT molecular complexity index is 373. The molecule has 0 aliphatic carbocycles. The molecule has 0 N–H and O–H groups in total. The van der Waals surface area contributed by atoms with Crippen molar-refractivity contribution in [2.75, 3.05) is 0 Å². The van der Waals surface area contributed by atoms with Crippen molar-refractivity contribution in [3.8, 4) is 6.07 Å². The second-order valence-electron chi connectivity index (χ2n) is 4.33. The molecule has 0 unspecified atom stereocenters. The fraction of sp³-hybridized carbons (Fsp3) is 0.438. The Morgan fingerprint density at radius 3 is 2.47 bits per heavy atom. The average Bonchev–Trinajstić information content (AvgIpc) is 2.29. The minimum Gasteiger partial charge on any atom is -0.193 e.